The summed E-state index contributed by atoms with van der Waals surface area (Å²) in [6, 6.07) is 20.6. The number of anilines is 1. The van der Waals surface area contributed by atoms with Crippen molar-refractivity contribution in [1.82, 2.24) is 4.57 Å². The summed E-state index contributed by atoms with van der Waals surface area (Å²) in [5.41, 5.74) is 2.95. The number of sulfonamides is 1. The highest BCUT2D eigenvalue weighted by atomic mass is 32.2. The maximum absolute atomic E-state index is 13.0. The summed E-state index contributed by atoms with van der Waals surface area (Å²) in [6.45, 7) is 4.83. The van der Waals surface area contributed by atoms with Gasteiger partial charge in [0.25, 0.3) is 15.9 Å². The third kappa shape index (κ3) is 4.37. The van der Waals surface area contributed by atoms with Crippen LogP contribution in [0.15, 0.2) is 82.7 Å². The molecule has 0 bridgehead atoms. The van der Waals surface area contributed by atoms with Crippen LogP contribution in [0.2, 0.25) is 0 Å². The lowest BCUT2D eigenvalue weighted by Gasteiger charge is -2.08. The van der Waals surface area contributed by atoms with Crippen LogP contribution in [0, 0.1) is 0 Å². The first-order chi connectivity index (χ1) is 15.4. The summed E-state index contributed by atoms with van der Waals surface area (Å²) in [6.07, 6.45) is 0.894. The summed E-state index contributed by atoms with van der Waals surface area (Å²) < 4.78 is 30.9. The molecule has 8 heteroatoms. The molecule has 0 aliphatic heterocycles. The van der Waals surface area contributed by atoms with E-state index in [1.165, 1.54) is 35.1 Å². The van der Waals surface area contributed by atoms with Crippen LogP contribution in [0.3, 0.4) is 0 Å². The molecule has 4 aromatic rings. The van der Waals surface area contributed by atoms with Crippen LogP contribution < -0.4 is 9.52 Å². The zero-order valence-corrected chi connectivity index (χ0v) is 19.4. The third-order valence-electron chi connectivity index (χ3n) is 5.09. The van der Waals surface area contributed by atoms with Crippen LogP contribution in [0.1, 0.15) is 29.8 Å². The van der Waals surface area contributed by atoms with Gasteiger partial charge in [-0.25, -0.2) is 8.42 Å². The highest BCUT2D eigenvalue weighted by molar-refractivity contribution is 7.92. The first kappa shape index (κ1) is 22.0. The van der Waals surface area contributed by atoms with Gasteiger partial charge in [0.05, 0.1) is 15.1 Å². The van der Waals surface area contributed by atoms with Gasteiger partial charge in [-0.3, -0.25) is 9.52 Å². The van der Waals surface area contributed by atoms with E-state index >= 15 is 0 Å². The predicted octanol–water partition coefficient (Wildman–Crippen LogP) is 4.83. The molecule has 4 rings (SSSR count). The zero-order chi connectivity index (χ0) is 22.7. The number of fused-ring (bicyclic) bond motifs is 1. The van der Waals surface area contributed by atoms with Gasteiger partial charge in [0.2, 0.25) is 0 Å². The van der Waals surface area contributed by atoms with Crippen molar-refractivity contribution in [2.45, 2.75) is 31.7 Å². The highest BCUT2D eigenvalue weighted by Crippen LogP contribution is 2.22. The fraction of sp³-hybridized carbons (Fsp3) is 0.167. The van der Waals surface area contributed by atoms with E-state index in [9.17, 15) is 13.2 Å². The SMILES string of the molecule is CCc1cccc2sc(=NC(=O)c3cccc(NS(=O)(=O)c4ccccc4)c3)n(CC)c12. The lowest BCUT2D eigenvalue weighted by atomic mass is 10.1. The molecule has 0 saturated carbocycles. The Morgan fingerprint density at radius 3 is 2.47 bits per heavy atom. The number of rotatable bonds is 6. The Balaban J connectivity index is 1.69. The second-order valence-electron chi connectivity index (χ2n) is 7.16. The number of para-hydroxylation sites is 1. The molecule has 1 amide bonds. The number of hydrogen-bond donors (Lipinski definition) is 1. The van der Waals surface area contributed by atoms with Crippen LogP contribution in [-0.4, -0.2) is 18.9 Å². The monoisotopic (exact) mass is 465 g/mol. The molecule has 32 heavy (non-hydrogen) atoms. The standard InChI is InChI=1S/C24H23N3O3S2/c1-3-17-10-9-15-21-22(17)27(4-2)24(31-21)25-23(28)18-11-8-12-19(16-18)26-32(29,30)20-13-6-5-7-14-20/h5-16,26H,3-4H2,1-2H3. The smallest absolute Gasteiger partial charge is 0.279 e. The minimum atomic E-state index is -3.74. The van der Waals surface area contributed by atoms with Crippen molar-refractivity contribution in [3.8, 4) is 0 Å². The number of nitrogens with one attached hydrogen (secondary N) is 1. The summed E-state index contributed by atoms with van der Waals surface area (Å²) in [5, 5.41) is 0. The Hall–Kier alpha value is -3.23. The second-order valence-corrected chi connectivity index (χ2v) is 9.85. The minimum absolute atomic E-state index is 0.155. The van der Waals surface area contributed by atoms with Gasteiger partial charge in [-0.15, -0.1) is 0 Å². The van der Waals surface area contributed by atoms with Crippen LogP contribution in [0.25, 0.3) is 10.2 Å². The molecule has 1 heterocycles. The van der Waals surface area contributed by atoms with Crippen molar-refractivity contribution in [3.05, 3.63) is 88.7 Å². The maximum Gasteiger partial charge on any atom is 0.279 e. The quantitative estimate of drug-likeness (QED) is 0.443. The van der Waals surface area contributed by atoms with Crippen LogP contribution in [0.5, 0.6) is 0 Å². The number of aromatic nitrogens is 1. The Morgan fingerprint density at radius 1 is 1.00 bits per heavy atom. The van der Waals surface area contributed by atoms with Gasteiger partial charge in [0.15, 0.2) is 4.80 Å². The van der Waals surface area contributed by atoms with Crippen molar-refractivity contribution < 1.29 is 13.2 Å². The van der Waals surface area contributed by atoms with Crippen molar-refractivity contribution in [3.63, 3.8) is 0 Å². The predicted molar refractivity (Wildman–Crippen MR) is 128 cm³/mol. The third-order valence-corrected chi connectivity index (χ3v) is 7.53. The van der Waals surface area contributed by atoms with Gasteiger partial charge in [-0.2, -0.15) is 4.99 Å². The molecule has 0 fully saturated rings. The fourth-order valence-electron chi connectivity index (χ4n) is 3.55. The molecule has 0 atom stereocenters. The number of aryl methyl sites for hydroxylation is 2. The van der Waals surface area contributed by atoms with Gasteiger partial charge in [0, 0.05) is 17.8 Å². The molecule has 0 unspecified atom stereocenters. The molecule has 164 valence electrons. The van der Waals surface area contributed by atoms with E-state index < -0.39 is 15.9 Å². The van der Waals surface area contributed by atoms with E-state index in [0.717, 1.165) is 16.6 Å². The van der Waals surface area contributed by atoms with Crippen LogP contribution >= 0.6 is 11.3 Å². The topological polar surface area (TPSA) is 80.5 Å². The molecule has 0 radical (unpaired) electrons. The maximum atomic E-state index is 13.0. The molecule has 6 nitrogen and oxygen atoms in total. The molecule has 0 spiro atoms. The molecule has 3 aromatic carbocycles. The van der Waals surface area contributed by atoms with Gasteiger partial charge in [-0.05, 0) is 55.3 Å². The van der Waals surface area contributed by atoms with Crippen molar-refractivity contribution in [2.75, 3.05) is 4.72 Å². The van der Waals surface area contributed by atoms with E-state index in [4.69, 9.17) is 0 Å². The van der Waals surface area contributed by atoms with E-state index in [1.54, 1.807) is 36.4 Å². The number of nitrogens with zero attached hydrogens (tertiary/aromatic N) is 2. The first-order valence-electron chi connectivity index (χ1n) is 10.3. The Labute approximate surface area is 190 Å². The zero-order valence-electron chi connectivity index (χ0n) is 17.8. The lowest BCUT2D eigenvalue weighted by molar-refractivity contribution is 0.0998. The number of carbonyl (C=O) groups is 1. The Kier molecular flexibility index (Phi) is 6.25. The van der Waals surface area contributed by atoms with E-state index in [-0.39, 0.29) is 4.90 Å². The normalized spacial score (nSPS) is 12.2. The molecule has 1 N–H and O–H groups in total. The first-order valence-corrected chi connectivity index (χ1v) is 12.6. The second kappa shape index (κ2) is 9.10. The van der Waals surface area contributed by atoms with Gasteiger partial charge >= 0.3 is 0 Å². The lowest BCUT2D eigenvalue weighted by Crippen LogP contribution is -2.17. The van der Waals surface area contributed by atoms with Crippen LogP contribution in [-0.2, 0) is 23.0 Å². The number of thiazole rings is 1. The number of amides is 1. The highest BCUT2D eigenvalue weighted by Gasteiger charge is 2.15. The Bertz CT molecular complexity index is 1450. The molecule has 1 aromatic heterocycles. The van der Waals surface area contributed by atoms with E-state index in [1.807, 2.05) is 19.1 Å². The summed E-state index contributed by atoms with van der Waals surface area (Å²) in [7, 11) is -3.74. The molecular weight excluding hydrogens is 442 g/mol. The molecule has 0 aliphatic carbocycles. The van der Waals surface area contributed by atoms with Gasteiger partial charge in [0.1, 0.15) is 0 Å². The average molecular weight is 466 g/mol. The van der Waals surface area contributed by atoms with Crippen molar-refractivity contribution >= 4 is 43.2 Å². The minimum Gasteiger partial charge on any atom is -0.316 e. The Morgan fingerprint density at radius 2 is 1.75 bits per heavy atom. The van der Waals surface area contributed by atoms with E-state index in [2.05, 4.69) is 27.3 Å². The summed E-state index contributed by atoms with van der Waals surface area (Å²) in [5.74, 6) is -0.419. The largest absolute Gasteiger partial charge is 0.316 e. The van der Waals surface area contributed by atoms with Crippen molar-refractivity contribution in [2.24, 2.45) is 4.99 Å². The number of carbonyl (C=O) groups excluding carboxylic acids is 1. The molecule has 0 aliphatic rings. The average Bonchev–Trinajstić information content (AvgIpc) is 3.16. The summed E-state index contributed by atoms with van der Waals surface area (Å²) >= 11 is 1.48. The fourth-order valence-corrected chi connectivity index (χ4v) is 5.76. The molecular formula is C24H23N3O3S2. The van der Waals surface area contributed by atoms with Gasteiger partial charge in [-0.1, -0.05) is 54.7 Å². The van der Waals surface area contributed by atoms with Crippen LogP contribution in [0.4, 0.5) is 5.69 Å². The molecule has 0 saturated heterocycles. The van der Waals surface area contributed by atoms with Crippen molar-refractivity contribution in [1.29, 1.82) is 0 Å². The van der Waals surface area contributed by atoms with E-state index in [0.29, 0.717) is 22.6 Å². The number of hydrogen-bond acceptors (Lipinski definition) is 4. The van der Waals surface area contributed by atoms with Gasteiger partial charge < -0.3 is 4.57 Å². The summed E-state index contributed by atoms with van der Waals surface area (Å²) in [4.78, 5) is 18.1. The number of benzene rings is 3.